The topological polar surface area (TPSA) is 179 Å². The van der Waals surface area contributed by atoms with Crippen LogP contribution in [-0.4, -0.2) is 43.4 Å². The summed E-state index contributed by atoms with van der Waals surface area (Å²) in [7, 11) is 0. The Hall–Kier alpha value is -3.83. The van der Waals surface area contributed by atoms with E-state index in [-0.39, 0.29) is 0 Å². The van der Waals surface area contributed by atoms with Crippen LogP contribution in [0.25, 0.3) is 0 Å². The number of nitro groups is 2. The van der Waals surface area contributed by atoms with E-state index in [1.54, 1.807) is 18.2 Å². The van der Waals surface area contributed by atoms with Gasteiger partial charge in [-0.15, -0.1) is 0 Å². The lowest BCUT2D eigenvalue weighted by Gasteiger charge is -2.35. The van der Waals surface area contributed by atoms with E-state index in [1.165, 1.54) is 12.1 Å². The number of amides is 1. The van der Waals surface area contributed by atoms with Crippen LogP contribution in [0.3, 0.4) is 0 Å². The molecule has 12 heteroatoms. The van der Waals surface area contributed by atoms with Crippen molar-refractivity contribution in [3.63, 3.8) is 0 Å². The van der Waals surface area contributed by atoms with Gasteiger partial charge in [0.15, 0.2) is 0 Å². The molecule has 0 radical (unpaired) electrons. The molecule has 2 aliphatic carbocycles. The highest BCUT2D eigenvalue weighted by Crippen LogP contribution is 2.43. The summed E-state index contributed by atoms with van der Waals surface area (Å²) in [5.41, 5.74) is -1.18. The number of hydrogen-bond donors (Lipinski definition) is 2. The summed E-state index contributed by atoms with van der Waals surface area (Å²) in [6, 6.07) is 6.18. The molecule has 0 aliphatic heterocycles. The molecule has 0 saturated heterocycles. The van der Waals surface area contributed by atoms with Crippen molar-refractivity contribution in [2.45, 2.75) is 12.5 Å². The van der Waals surface area contributed by atoms with Crippen LogP contribution in [-0.2, 0) is 9.59 Å². The molecule has 0 heterocycles. The predicted octanol–water partition coefficient (Wildman–Crippen LogP) is 0.607. The normalized spacial score (nSPS) is 28.1. The second-order valence-corrected chi connectivity index (χ2v) is 6.44. The molecular formula is C16H14N4O8. The van der Waals surface area contributed by atoms with E-state index in [1.807, 2.05) is 0 Å². The van der Waals surface area contributed by atoms with Crippen molar-refractivity contribution in [3.8, 4) is 0 Å². The molecule has 1 amide bonds. The number of anilines is 1. The van der Waals surface area contributed by atoms with Gasteiger partial charge in [0, 0.05) is 21.9 Å². The van der Waals surface area contributed by atoms with Gasteiger partial charge in [0.2, 0.25) is 11.9 Å². The molecule has 1 saturated carbocycles. The number of rotatable bonds is 4. The minimum Gasteiger partial charge on any atom is -0.417 e. The minimum atomic E-state index is -1.78. The number of allylic oxidation sites excluding steroid dienone is 1. The van der Waals surface area contributed by atoms with Gasteiger partial charge in [-0.2, -0.15) is 0 Å². The third-order valence-electron chi connectivity index (χ3n) is 4.92. The molecule has 2 aliphatic rings. The van der Waals surface area contributed by atoms with Crippen LogP contribution < -0.4 is 5.32 Å². The fourth-order valence-electron chi connectivity index (χ4n) is 3.79. The van der Waals surface area contributed by atoms with Gasteiger partial charge < -0.3 is 10.5 Å². The molecule has 1 aromatic rings. The van der Waals surface area contributed by atoms with Crippen LogP contribution in [0.15, 0.2) is 42.1 Å². The Morgan fingerprint density at radius 3 is 2.32 bits per heavy atom. The number of hydrogen-bond acceptors (Lipinski definition) is 8. The van der Waals surface area contributed by atoms with Crippen LogP contribution in [0.5, 0.6) is 0 Å². The first-order valence-electron chi connectivity index (χ1n) is 8.13. The molecule has 0 spiro atoms. The van der Waals surface area contributed by atoms with Crippen molar-refractivity contribution in [1.82, 2.24) is 0 Å². The molecule has 0 aromatic heterocycles. The second-order valence-electron chi connectivity index (χ2n) is 6.44. The first kappa shape index (κ1) is 18.9. The molecule has 4 atom stereocenters. The largest absolute Gasteiger partial charge is 0.417 e. The zero-order valence-corrected chi connectivity index (χ0v) is 14.1. The summed E-state index contributed by atoms with van der Waals surface area (Å²) < 4.78 is 0. The highest BCUT2D eigenvalue weighted by molar-refractivity contribution is 6.11. The number of nitrogens with zero attached hydrogens (tertiary/aromatic N) is 3. The number of carbonyl (C=O) groups is 2. The van der Waals surface area contributed by atoms with E-state index in [0.29, 0.717) is 11.8 Å². The number of fused-ring (bicyclic) bond motifs is 2. The van der Waals surface area contributed by atoms with Gasteiger partial charge in [-0.05, 0) is 12.1 Å². The fraction of sp³-hybridized carbons (Fsp3) is 0.312. The van der Waals surface area contributed by atoms with Crippen LogP contribution in [0.2, 0.25) is 0 Å². The average Bonchev–Trinajstić information content (AvgIpc) is 2.61. The summed E-state index contributed by atoms with van der Waals surface area (Å²) in [5.74, 6) is -6.43. The van der Waals surface area contributed by atoms with Crippen molar-refractivity contribution in [2.24, 2.45) is 17.8 Å². The number of Topliss-reactive ketones (excluding diaryl/α,β-unsaturated/α-hetero) is 1. The van der Waals surface area contributed by atoms with E-state index in [4.69, 9.17) is 0 Å². The zero-order valence-electron chi connectivity index (χ0n) is 14.1. The van der Waals surface area contributed by atoms with Crippen LogP contribution >= 0.6 is 0 Å². The minimum absolute atomic E-state index is 0.316. The molecule has 28 heavy (non-hydrogen) atoms. The number of ketones is 1. The summed E-state index contributed by atoms with van der Waals surface area (Å²) in [6.45, 7) is 0. The monoisotopic (exact) mass is 390 g/mol. The molecule has 146 valence electrons. The lowest BCUT2D eigenvalue weighted by molar-refractivity contribution is -0.728. The summed E-state index contributed by atoms with van der Waals surface area (Å²) in [5, 5.41) is 46.1. The van der Waals surface area contributed by atoms with Gasteiger partial charge >= 0.3 is 0 Å². The third kappa shape index (κ3) is 3.15. The summed E-state index contributed by atoms with van der Waals surface area (Å²) in [6.07, 6.45) is 0.128. The number of carbonyl (C=O) groups excluding carboxylic acids is 2. The first-order valence-corrected chi connectivity index (χ1v) is 8.13. The van der Waals surface area contributed by atoms with Crippen molar-refractivity contribution < 1.29 is 29.5 Å². The van der Waals surface area contributed by atoms with E-state index >= 15 is 0 Å². The second kappa shape index (κ2) is 7.06. The van der Waals surface area contributed by atoms with Crippen molar-refractivity contribution in [3.05, 3.63) is 67.5 Å². The SMILES string of the molecule is O=C1C[C@H]2C(=[N+]([O-])O)C=C([N+](=O)[O-])[C@H]([C@@H]1C(=O)Nc1ccccc1)[C@@H]2[N+](=O)[O-]. The fourth-order valence-corrected chi connectivity index (χ4v) is 3.79. The lowest BCUT2D eigenvalue weighted by atomic mass is 9.63. The van der Waals surface area contributed by atoms with Gasteiger partial charge in [0.05, 0.1) is 11.0 Å². The number of nitrogens with one attached hydrogen (secondary N) is 1. The van der Waals surface area contributed by atoms with Crippen LogP contribution in [0, 0.1) is 43.2 Å². The highest BCUT2D eigenvalue weighted by atomic mass is 16.8. The molecule has 0 unspecified atom stereocenters. The molecule has 2 N–H and O–H groups in total. The van der Waals surface area contributed by atoms with Crippen molar-refractivity contribution >= 4 is 23.1 Å². The average molecular weight is 390 g/mol. The Balaban J connectivity index is 2.10. The van der Waals surface area contributed by atoms with E-state index in [2.05, 4.69) is 5.32 Å². The maximum absolute atomic E-state index is 12.7. The van der Waals surface area contributed by atoms with Crippen LogP contribution in [0.4, 0.5) is 5.69 Å². The quantitative estimate of drug-likeness (QED) is 0.247. The van der Waals surface area contributed by atoms with E-state index in [9.17, 15) is 40.2 Å². The Labute approximate surface area is 156 Å². The van der Waals surface area contributed by atoms with Gasteiger partial charge in [-0.25, -0.2) is 0 Å². The molecule has 1 fully saturated rings. The molecular weight excluding hydrogens is 376 g/mol. The first-order chi connectivity index (χ1) is 13.2. The maximum Gasteiger partial charge on any atom is 0.264 e. The van der Waals surface area contributed by atoms with Gasteiger partial charge in [0.1, 0.15) is 23.5 Å². The highest BCUT2D eigenvalue weighted by Gasteiger charge is 2.64. The summed E-state index contributed by atoms with van der Waals surface area (Å²) in [4.78, 5) is 45.9. The zero-order chi connectivity index (χ0) is 20.6. The summed E-state index contributed by atoms with van der Waals surface area (Å²) >= 11 is 0. The van der Waals surface area contributed by atoms with Gasteiger partial charge in [-0.3, -0.25) is 35.0 Å². The van der Waals surface area contributed by atoms with Gasteiger partial charge in [0.25, 0.3) is 11.4 Å². The molecule has 12 nitrogen and oxygen atoms in total. The maximum atomic E-state index is 12.7. The van der Waals surface area contributed by atoms with Gasteiger partial charge in [-0.1, -0.05) is 18.2 Å². The smallest absolute Gasteiger partial charge is 0.264 e. The third-order valence-corrected chi connectivity index (χ3v) is 4.92. The van der Waals surface area contributed by atoms with Crippen molar-refractivity contribution in [1.29, 1.82) is 0 Å². The van der Waals surface area contributed by atoms with E-state index in [0.717, 1.165) is 0 Å². The Bertz CT molecular complexity index is 922. The molecule has 1 aromatic carbocycles. The Kier molecular flexibility index (Phi) is 4.78. The molecule has 2 bridgehead atoms. The standard InChI is InChI=1S/C16H14N4O8/c21-12-6-9-10(18(23)24)7-11(19(25)26)13(15(9)20(27)28)14(12)16(22)17-8-4-2-1-3-5-8/h1-5,7,9,13-15H,6H2,(H,17,22)(H,23,24)/t9-,13+,14+,15+/m0/s1. The number of para-hydroxylation sites is 1. The molecule has 3 rings (SSSR count). The number of benzene rings is 1. The Morgan fingerprint density at radius 2 is 1.79 bits per heavy atom. The van der Waals surface area contributed by atoms with E-state index < -0.39 is 68.1 Å². The Morgan fingerprint density at radius 1 is 1.14 bits per heavy atom. The predicted molar refractivity (Wildman–Crippen MR) is 91.4 cm³/mol. The van der Waals surface area contributed by atoms with Crippen LogP contribution in [0.1, 0.15) is 6.42 Å². The van der Waals surface area contributed by atoms with Crippen molar-refractivity contribution in [2.75, 3.05) is 5.32 Å². The lowest BCUT2D eigenvalue weighted by Crippen LogP contribution is -2.58.